The Labute approximate surface area is 56.5 Å². The van der Waals surface area contributed by atoms with Crippen LogP contribution >= 0.6 is 0 Å². The van der Waals surface area contributed by atoms with Crippen molar-refractivity contribution in [1.29, 1.82) is 0 Å². The predicted octanol–water partition coefficient (Wildman–Crippen LogP) is 0.633. The SMILES string of the molecule is CC(C)C(CO)CCO. The highest BCUT2D eigenvalue weighted by molar-refractivity contribution is 4.59. The van der Waals surface area contributed by atoms with Gasteiger partial charge in [-0.25, -0.2) is 0 Å². The lowest BCUT2D eigenvalue weighted by atomic mass is 9.94. The molecule has 0 aromatic rings. The molecule has 0 aliphatic heterocycles. The molecular formula is C7H16O2. The molecule has 0 spiro atoms. The molecule has 56 valence electrons. The molecule has 0 aliphatic carbocycles. The van der Waals surface area contributed by atoms with E-state index < -0.39 is 0 Å². The average molecular weight is 132 g/mol. The van der Waals surface area contributed by atoms with Crippen LogP contribution in [0.3, 0.4) is 0 Å². The molecule has 2 N–H and O–H groups in total. The molecule has 0 saturated heterocycles. The molecule has 2 heteroatoms. The first-order chi connectivity index (χ1) is 4.22. The monoisotopic (exact) mass is 132 g/mol. The number of aliphatic hydroxyl groups excluding tert-OH is 2. The maximum atomic E-state index is 8.72. The molecule has 9 heavy (non-hydrogen) atoms. The minimum atomic E-state index is 0.184. The summed E-state index contributed by atoms with van der Waals surface area (Å²) in [7, 11) is 0. The fourth-order valence-corrected chi connectivity index (χ4v) is 0.801. The maximum absolute atomic E-state index is 8.72. The van der Waals surface area contributed by atoms with E-state index in [0.29, 0.717) is 12.3 Å². The molecule has 2 nitrogen and oxygen atoms in total. The van der Waals surface area contributed by atoms with E-state index in [1.165, 1.54) is 0 Å². The van der Waals surface area contributed by atoms with Gasteiger partial charge in [0.1, 0.15) is 0 Å². The number of aliphatic hydroxyl groups is 2. The van der Waals surface area contributed by atoms with Gasteiger partial charge in [-0.15, -0.1) is 0 Å². The van der Waals surface area contributed by atoms with E-state index in [4.69, 9.17) is 10.2 Å². The molecule has 0 radical (unpaired) electrons. The zero-order valence-electron chi connectivity index (χ0n) is 6.17. The number of hydrogen-bond acceptors (Lipinski definition) is 2. The van der Waals surface area contributed by atoms with Crippen LogP contribution in [0.25, 0.3) is 0 Å². The predicted molar refractivity (Wildman–Crippen MR) is 37.1 cm³/mol. The van der Waals surface area contributed by atoms with Crippen LogP contribution < -0.4 is 0 Å². The Bertz CT molecular complexity index is 61.9. The fraction of sp³-hybridized carbons (Fsp3) is 1.00. The summed E-state index contributed by atoms with van der Waals surface area (Å²) in [5.41, 5.74) is 0. The van der Waals surface area contributed by atoms with Gasteiger partial charge >= 0.3 is 0 Å². The van der Waals surface area contributed by atoms with Crippen molar-refractivity contribution in [2.24, 2.45) is 11.8 Å². The summed E-state index contributed by atoms with van der Waals surface area (Å²) < 4.78 is 0. The molecule has 0 aromatic heterocycles. The van der Waals surface area contributed by atoms with E-state index in [1.54, 1.807) is 0 Å². The molecule has 1 unspecified atom stereocenters. The third-order valence-corrected chi connectivity index (χ3v) is 1.68. The lowest BCUT2D eigenvalue weighted by molar-refractivity contribution is 0.152. The van der Waals surface area contributed by atoms with Crippen molar-refractivity contribution in [3.63, 3.8) is 0 Å². The third kappa shape index (κ3) is 3.49. The first kappa shape index (κ1) is 8.92. The number of hydrogen-bond donors (Lipinski definition) is 2. The zero-order valence-corrected chi connectivity index (χ0v) is 6.17. The second-order valence-corrected chi connectivity index (χ2v) is 2.70. The van der Waals surface area contributed by atoms with Crippen LogP contribution in [0.1, 0.15) is 20.3 Å². The van der Waals surface area contributed by atoms with Gasteiger partial charge in [0.05, 0.1) is 0 Å². The van der Waals surface area contributed by atoms with E-state index >= 15 is 0 Å². The van der Waals surface area contributed by atoms with Crippen molar-refractivity contribution >= 4 is 0 Å². The smallest absolute Gasteiger partial charge is 0.0462 e. The summed E-state index contributed by atoms with van der Waals surface area (Å²) in [6, 6.07) is 0. The van der Waals surface area contributed by atoms with E-state index in [9.17, 15) is 0 Å². The van der Waals surface area contributed by atoms with Crippen LogP contribution in [-0.4, -0.2) is 23.4 Å². The molecule has 1 atom stereocenters. The Kier molecular flexibility index (Phi) is 4.72. The van der Waals surface area contributed by atoms with E-state index in [2.05, 4.69) is 13.8 Å². The molecule has 0 aromatic carbocycles. The lowest BCUT2D eigenvalue weighted by Gasteiger charge is -2.15. The molecule has 0 heterocycles. The van der Waals surface area contributed by atoms with Gasteiger partial charge in [-0.1, -0.05) is 13.8 Å². The fourth-order valence-electron chi connectivity index (χ4n) is 0.801. The summed E-state index contributed by atoms with van der Waals surface area (Å²) >= 11 is 0. The van der Waals surface area contributed by atoms with Crippen molar-refractivity contribution in [3.05, 3.63) is 0 Å². The summed E-state index contributed by atoms with van der Waals surface area (Å²) in [5.74, 6) is 0.747. The maximum Gasteiger partial charge on any atom is 0.0462 e. The zero-order chi connectivity index (χ0) is 7.28. The Morgan fingerprint density at radius 3 is 1.89 bits per heavy atom. The molecule has 0 amide bonds. The van der Waals surface area contributed by atoms with Crippen LogP contribution in [0.4, 0.5) is 0 Å². The van der Waals surface area contributed by atoms with E-state index in [0.717, 1.165) is 0 Å². The molecule has 0 bridgehead atoms. The highest BCUT2D eigenvalue weighted by atomic mass is 16.3. The van der Waals surface area contributed by atoms with Crippen LogP contribution in [0, 0.1) is 11.8 Å². The summed E-state index contributed by atoms with van der Waals surface area (Å²) in [5, 5.41) is 17.2. The minimum Gasteiger partial charge on any atom is -0.396 e. The van der Waals surface area contributed by atoms with Crippen LogP contribution in [0.2, 0.25) is 0 Å². The minimum absolute atomic E-state index is 0.184. The summed E-state index contributed by atoms with van der Waals surface area (Å²) in [4.78, 5) is 0. The largest absolute Gasteiger partial charge is 0.396 e. The van der Waals surface area contributed by atoms with Gasteiger partial charge in [0.2, 0.25) is 0 Å². The van der Waals surface area contributed by atoms with Gasteiger partial charge in [0, 0.05) is 13.2 Å². The van der Waals surface area contributed by atoms with Gasteiger partial charge in [0.15, 0.2) is 0 Å². The lowest BCUT2D eigenvalue weighted by Crippen LogP contribution is -2.14. The van der Waals surface area contributed by atoms with Crippen molar-refractivity contribution in [3.8, 4) is 0 Å². The molecule has 0 saturated carbocycles. The van der Waals surface area contributed by atoms with Crippen molar-refractivity contribution in [2.45, 2.75) is 20.3 Å². The van der Waals surface area contributed by atoms with Gasteiger partial charge in [-0.2, -0.15) is 0 Å². The van der Waals surface area contributed by atoms with Crippen molar-refractivity contribution < 1.29 is 10.2 Å². The quantitative estimate of drug-likeness (QED) is 0.589. The first-order valence-corrected chi connectivity index (χ1v) is 3.44. The normalized spacial score (nSPS) is 14.3. The van der Waals surface area contributed by atoms with Gasteiger partial charge in [0.25, 0.3) is 0 Å². The Morgan fingerprint density at radius 2 is 1.78 bits per heavy atom. The standard InChI is InChI=1S/C7H16O2/c1-6(2)7(5-9)3-4-8/h6-9H,3-5H2,1-2H3. The van der Waals surface area contributed by atoms with Gasteiger partial charge in [-0.3, -0.25) is 0 Å². The Morgan fingerprint density at radius 1 is 1.22 bits per heavy atom. The van der Waals surface area contributed by atoms with Crippen LogP contribution in [-0.2, 0) is 0 Å². The molecule has 0 rings (SSSR count). The van der Waals surface area contributed by atoms with Crippen LogP contribution in [0.5, 0.6) is 0 Å². The Balaban J connectivity index is 3.41. The molecule has 0 fully saturated rings. The molecular weight excluding hydrogens is 116 g/mol. The highest BCUT2D eigenvalue weighted by Crippen LogP contribution is 2.12. The summed E-state index contributed by atoms with van der Waals surface area (Å²) in [6.45, 7) is 4.48. The van der Waals surface area contributed by atoms with Crippen LogP contribution in [0.15, 0.2) is 0 Å². The molecule has 0 aliphatic rings. The second kappa shape index (κ2) is 4.77. The summed E-state index contributed by atoms with van der Waals surface area (Å²) in [6.07, 6.45) is 0.716. The Hall–Kier alpha value is -0.0800. The highest BCUT2D eigenvalue weighted by Gasteiger charge is 2.09. The van der Waals surface area contributed by atoms with Gasteiger partial charge in [-0.05, 0) is 18.3 Å². The van der Waals surface area contributed by atoms with Crippen molar-refractivity contribution in [2.75, 3.05) is 13.2 Å². The van der Waals surface area contributed by atoms with E-state index in [1.807, 2.05) is 0 Å². The topological polar surface area (TPSA) is 40.5 Å². The average Bonchev–Trinajstić information content (AvgIpc) is 1.82. The van der Waals surface area contributed by atoms with Crippen molar-refractivity contribution in [1.82, 2.24) is 0 Å². The number of rotatable bonds is 4. The van der Waals surface area contributed by atoms with Gasteiger partial charge < -0.3 is 10.2 Å². The second-order valence-electron chi connectivity index (χ2n) is 2.70. The third-order valence-electron chi connectivity index (χ3n) is 1.68. The first-order valence-electron chi connectivity index (χ1n) is 3.44. The van der Waals surface area contributed by atoms with E-state index in [-0.39, 0.29) is 19.1 Å².